The first kappa shape index (κ1) is 28.6. The third-order valence-electron chi connectivity index (χ3n) is 8.25. The number of ether oxygens (including phenoxy) is 2. The number of nitrogens with zero attached hydrogens (tertiary/aromatic N) is 3. The van der Waals surface area contributed by atoms with E-state index in [0.717, 1.165) is 79.2 Å². The summed E-state index contributed by atoms with van der Waals surface area (Å²) < 4.78 is 13.2. The summed E-state index contributed by atoms with van der Waals surface area (Å²) in [6.45, 7) is 12.4. The van der Waals surface area contributed by atoms with E-state index in [2.05, 4.69) is 60.2 Å². The molecule has 0 saturated carbocycles. The first-order chi connectivity index (χ1) is 20.0. The van der Waals surface area contributed by atoms with Crippen LogP contribution < -0.4 is 4.74 Å². The number of carbonyl (C=O) groups excluding carboxylic acids is 1. The maximum atomic E-state index is 13.2. The van der Waals surface area contributed by atoms with E-state index in [9.17, 15) is 4.79 Å². The van der Waals surface area contributed by atoms with Gasteiger partial charge in [0.2, 0.25) is 0 Å². The van der Waals surface area contributed by atoms with Gasteiger partial charge in [0.05, 0.1) is 25.8 Å². The molecule has 0 radical (unpaired) electrons. The van der Waals surface area contributed by atoms with E-state index in [-0.39, 0.29) is 5.78 Å². The van der Waals surface area contributed by atoms with Gasteiger partial charge >= 0.3 is 0 Å². The van der Waals surface area contributed by atoms with Gasteiger partial charge in [-0.2, -0.15) is 0 Å². The van der Waals surface area contributed by atoms with Crippen molar-refractivity contribution < 1.29 is 14.3 Å². The van der Waals surface area contributed by atoms with Gasteiger partial charge in [-0.1, -0.05) is 48.9 Å². The molecule has 2 aliphatic rings. The molecule has 2 heterocycles. The van der Waals surface area contributed by atoms with E-state index in [1.807, 2.05) is 18.2 Å². The first-order valence-electron chi connectivity index (χ1n) is 14.7. The molecule has 6 heteroatoms. The smallest absolute Gasteiger partial charge is 0.185 e. The molecule has 0 spiro atoms. The number of rotatable bonds is 9. The Morgan fingerprint density at radius 3 is 2.56 bits per heavy atom. The van der Waals surface area contributed by atoms with Crippen molar-refractivity contribution >= 4 is 34.4 Å². The first-order valence-corrected chi connectivity index (χ1v) is 14.7. The molecule has 1 unspecified atom stereocenters. The van der Waals surface area contributed by atoms with Crippen molar-refractivity contribution in [2.24, 2.45) is 10.9 Å². The number of hydrogen-bond acceptors (Lipinski definition) is 4. The second-order valence-corrected chi connectivity index (χ2v) is 10.9. The number of methoxy groups -OCH3 is 1. The maximum Gasteiger partial charge on any atom is 0.185 e. The molecule has 3 aromatic rings. The van der Waals surface area contributed by atoms with Crippen LogP contribution in [0.3, 0.4) is 0 Å². The molecular weight excluding hydrogens is 510 g/mol. The lowest BCUT2D eigenvalue weighted by atomic mass is 9.85. The van der Waals surface area contributed by atoms with Crippen molar-refractivity contribution in [1.29, 1.82) is 0 Å². The lowest BCUT2D eigenvalue weighted by molar-refractivity contribution is 0.0673. The van der Waals surface area contributed by atoms with E-state index in [1.165, 1.54) is 11.1 Å². The second-order valence-electron chi connectivity index (χ2n) is 10.9. The summed E-state index contributed by atoms with van der Waals surface area (Å²) in [7, 11) is 1.62. The van der Waals surface area contributed by atoms with Crippen molar-refractivity contribution in [2.75, 3.05) is 33.4 Å². The number of morpholine rings is 1. The number of para-hydroxylation sites is 1. The zero-order chi connectivity index (χ0) is 28.8. The molecule has 0 N–H and O–H groups in total. The van der Waals surface area contributed by atoms with Gasteiger partial charge in [0.25, 0.3) is 0 Å². The molecule has 0 bridgehead atoms. The molecule has 6 nitrogen and oxygen atoms in total. The molecule has 41 heavy (non-hydrogen) atoms. The number of carbonyl (C=O) groups is 1. The van der Waals surface area contributed by atoms with Crippen LogP contribution in [0, 0.1) is 5.92 Å². The Kier molecular flexibility index (Phi) is 9.20. The zero-order valence-corrected chi connectivity index (χ0v) is 24.6. The van der Waals surface area contributed by atoms with Gasteiger partial charge in [-0.05, 0) is 74.6 Å². The second kappa shape index (κ2) is 13.2. The van der Waals surface area contributed by atoms with Gasteiger partial charge in [0, 0.05) is 42.6 Å². The number of hydrogen-bond donors (Lipinski definition) is 0. The molecular formula is C35H41N3O3. The Balaban J connectivity index is 1.58. The quantitative estimate of drug-likeness (QED) is 0.0902. The van der Waals surface area contributed by atoms with Crippen LogP contribution in [0.1, 0.15) is 55.5 Å². The zero-order valence-electron chi connectivity index (χ0n) is 24.6. The summed E-state index contributed by atoms with van der Waals surface area (Å²) in [5.74, 6) is 3.19. The lowest BCUT2D eigenvalue weighted by Crippen LogP contribution is -2.40. The third-order valence-corrected chi connectivity index (χ3v) is 8.25. The summed E-state index contributed by atoms with van der Waals surface area (Å²) in [6, 6.07) is 15.7. The van der Waals surface area contributed by atoms with Crippen molar-refractivity contribution in [2.45, 2.75) is 46.1 Å². The minimum Gasteiger partial charge on any atom is -0.497 e. The van der Waals surface area contributed by atoms with Gasteiger partial charge in [-0.25, -0.2) is 4.99 Å². The minimum absolute atomic E-state index is 0.0517. The van der Waals surface area contributed by atoms with Gasteiger partial charge in [0.15, 0.2) is 5.78 Å². The summed E-state index contributed by atoms with van der Waals surface area (Å²) in [5.41, 5.74) is 5.41. The van der Waals surface area contributed by atoms with Gasteiger partial charge in [0.1, 0.15) is 17.4 Å². The molecule has 1 aliphatic heterocycles. The van der Waals surface area contributed by atoms with Crippen molar-refractivity contribution in [3.8, 4) is 5.75 Å². The Morgan fingerprint density at radius 2 is 1.90 bits per heavy atom. The van der Waals surface area contributed by atoms with Crippen molar-refractivity contribution in [3.05, 3.63) is 89.5 Å². The maximum absolute atomic E-state index is 13.2. The Labute approximate surface area is 243 Å². The van der Waals surface area contributed by atoms with Crippen LogP contribution in [0.4, 0.5) is 5.82 Å². The highest BCUT2D eigenvalue weighted by Crippen LogP contribution is 2.37. The molecule has 1 saturated heterocycles. The van der Waals surface area contributed by atoms with E-state index < -0.39 is 0 Å². The number of allylic oxidation sites excluding steroid dienone is 4. The monoisotopic (exact) mass is 551 g/mol. The number of amidine groups is 1. The van der Waals surface area contributed by atoms with E-state index in [0.29, 0.717) is 24.7 Å². The van der Waals surface area contributed by atoms with Crippen molar-refractivity contribution in [1.82, 2.24) is 9.47 Å². The summed E-state index contributed by atoms with van der Waals surface area (Å²) in [4.78, 5) is 20.9. The summed E-state index contributed by atoms with van der Waals surface area (Å²) in [5, 5.41) is 1.10. The normalized spacial score (nSPS) is 18.1. The van der Waals surface area contributed by atoms with Gasteiger partial charge in [-0.3, -0.25) is 4.79 Å². The molecule has 0 amide bonds. The van der Waals surface area contributed by atoms with Crippen LogP contribution in [0.5, 0.6) is 5.75 Å². The van der Waals surface area contributed by atoms with Crippen LogP contribution in [-0.4, -0.2) is 54.5 Å². The molecule has 2 aromatic carbocycles. The number of fused-ring (bicyclic) bond motifs is 1. The highest BCUT2D eigenvalue weighted by atomic mass is 16.5. The van der Waals surface area contributed by atoms with E-state index in [4.69, 9.17) is 14.5 Å². The van der Waals surface area contributed by atoms with Gasteiger partial charge in [-0.15, -0.1) is 0 Å². The average molecular weight is 552 g/mol. The highest BCUT2D eigenvalue weighted by molar-refractivity contribution is 6.09. The van der Waals surface area contributed by atoms with Crippen LogP contribution in [-0.2, 0) is 11.3 Å². The number of aliphatic imine (C=N–C) groups is 1. The Bertz CT molecular complexity index is 1490. The van der Waals surface area contributed by atoms with E-state index >= 15 is 0 Å². The van der Waals surface area contributed by atoms with Crippen molar-refractivity contribution in [3.63, 3.8) is 0 Å². The molecule has 1 aliphatic carbocycles. The van der Waals surface area contributed by atoms with Crippen LogP contribution in [0.2, 0.25) is 0 Å². The number of aromatic nitrogens is 1. The van der Waals surface area contributed by atoms with Crippen LogP contribution in [0.25, 0.3) is 17.0 Å². The predicted octanol–water partition coefficient (Wildman–Crippen LogP) is 7.62. The van der Waals surface area contributed by atoms with Crippen LogP contribution >= 0.6 is 0 Å². The standard InChI is InChI=1S/C35H41N3O3/c1-5-34(37-20-22-41-23-21-37)36-35-31(18-19-33(39)28-14-16-29(40-4)17-15-28)30-8-6-7-9-32(30)38(35)24-26-10-12-27(13-11-26)25(2)3/h6-10,14-19,27H,2,5,11-13,20-24H2,1,3-4H3/b19-18+,36-34+. The average Bonchev–Trinajstić information content (AvgIpc) is 3.30. The summed E-state index contributed by atoms with van der Waals surface area (Å²) in [6.07, 6.45) is 10.1. The van der Waals surface area contributed by atoms with E-state index in [1.54, 1.807) is 25.3 Å². The fraction of sp³-hybridized carbons (Fsp3) is 0.371. The predicted molar refractivity (Wildman–Crippen MR) is 168 cm³/mol. The Morgan fingerprint density at radius 1 is 1.15 bits per heavy atom. The number of benzene rings is 2. The largest absolute Gasteiger partial charge is 0.497 e. The summed E-state index contributed by atoms with van der Waals surface area (Å²) >= 11 is 0. The molecule has 214 valence electrons. The van der Waals surface area contributed by atoms with Gasteiger partial charge < -0.3 is 18.9 Å². The SMILES string of the molecule is C=C(C)C1CC=C(Cn2c(/N=C(\CC)N3CCOCC3)c(/C=C/C(=O)c3ccc(OC)cc3)c3ccccc32)CC1. The molecule has 1 fully saturated rings. The molecule has 5 rings (SSSR count). The third kappa shape index (κ3) is 6.54. The Hall–Kier alpha value is -3.90. The highest BCUT2D eigenvalue weighted by Gasteiger charge is 2.21. The topological polar surface area (TPSA) is 56.1 Å². The fourth-order valence-electron chi connectivity index (χ4n) is 5.77. The fourth-order valence-corrected chi connectivity index (χ4v) is 5.77. The van der Waals surface area contributed by atoms with Crippen LogP contribution in [0.15, 0.2) is 83.4 Å². The molecule has 1 aromatic heterocycles. The molecule has 1 atom stereocenters. The minimum atomic E-state index is -0.0517. The lowest BCUT2D eigenvalue weighted by Gasteiger charge is -2.29. The number of ketones is 1.